The summed E-state index contributed by atoms with van der Waals surface area (Å²) in [6.07, 6.45) is 1.80. The minimum atomic E-state index is 0.321. The number of aryl methyl sites for hydroxylation is 1. The Morgan fingerprint density at radius 1 is 1.10 bits per heavy atom. The molecule has 3 aromatic rings. The molecule has 0 fully saturated rings. The van der Waals surface area contributed by atoms with E-state index in [1.165, 1.54) is 0 Å². The van der Waals surface area contributed by atoms with Crippen LogP contribution in [-0.4, -0.2) is 10.1 Å². The monoisotopic (exact) mass is 268 g/mol. The average Bonchev–Trinajstić information content (AvgIpc) is 2.93. The molecule has 4 nitrogen and oxygen atoms in total. The van der Waals surface area contributed by atoms with Crippen LogP contribution in [0.15, 0.2) is 47.0 Å². The molecular formula is C16H16N2O2. The SMILES string of the molecule is CCCc1nc(COc2cccc3ccccc23)no1. The van der Waals surface area contributed by atoms with E-state index in [9.17, 15) is 0 Å². The lowest BCUT2D eigenvalue weighted by Crippen LogP contribution is -1.98. The second-order valence-corrected chi connectivity index (χ2v) is 4.62. The van der Waals surface area contributed by atoms with Gasteiger partial charge in [-0.2, -0.15) is 4.98 Å². The molecule has 0 N–H and O–H groups in total. The molecule has 0 amide bonds. The van der Waals surface area contributed by atoms with Crippen LogP contribution >= 0.6 is 0 Å². The molecule has 4 heteroatoms. The number of nitrogens with zero attached hydrogens (tertiary/aromatic N) is 2. The first-order valence-electron chi connectivity index (χ1n) is 6.79. The standard InChI is InChI=1S/C16H16N2O2/c1-2-6-16-17-15(18-20-16)11-19-14-10-5-8-12-7-3-4-9-13(12)14/h3-5,7-10H,2,6,11H2,1H3. The van der Waals surface area contributed by atoms with Crippen molar-refractivity contribution in [2.45, 2.75) is 26.4 Å². The Kier molecular flexibility index (Phi) is 3.63. The van der Waals surface area contributed by atoms with E-state index in [0.717, 1.165) is 29.4 Å². The lowest BCUT2D eigenvalue weighted by atomic mass is 10.1. The van der Waals surface area contributed by atoms with E-state index in [1.54, 1.807) is 0 Å². The first-order chi connectivity index (χ1) is 9.86. The van der Waals surface area contributed by atoms with Gasteiger partial charge in [0.05, 0.1) is 0 Å². The van der Waals surface area contributed by atoms with Crippen LogP contribution in [0.5, 0.6) is 5.75 Å². The van der Waals surface area contributed by atoms with Gasteiger partial charge in [0.1, 0.15) is 5.75 Å². The maximum Gasteiger partial charge on any atom is 0.226 e. The summed E-state index contributed by atoms with van der Waals surface area (Å²) >= 11 is 0. The summed E-state index contributed by atoms with van der Waals surface area (Å²) in [5.41, 5.74) is 0. The molecule has 0 aliphatic rings. The average molecular weight is 268 g/mol. The molecule has 0 saturated carbocycles. The van der Waals surface area contributed by atoms with Crippen LogP contribution in [0, 0.1) is 0 Å². The van der Waals surface area contributed by atoms with E-state index >= 15 is 0 Å². The Bertz CT molecular complexity index is 701. The highest BCUT2D eigenvalue weighted by molar-refractivity contribution is 5.88. The molecule has 0 saturated heterocycles. The maximum absolute atomic E-state index is 5.81. The predicted octanol–water partition coefficient (Wildman–Crippen LogP) is 3.75. The summed E-state index contributed by atoms with van der Waals surface area (Å²) in [7, 11) is 0. The first kappa shape index (κ1) is 12.7. The van der Waals surface area contributed by atoms with Crippen molar-refractivity contribution in [1.29, 1.82) is 0 Å². The van der Waals surface area contributed by atoms with E-state index < -0.39 is 0 Å². The highest BCUT2D eigenvalue weighted by Crippen LogP contribution is 2.25. The predicted molar refractivity (Wildman–Crippen MR) is 76.6 cm³/mol. The van der Waals surface area contributed by atoms with E-state index in [0.29, 0.717) is 18.3 Å². The Labute approximate surface area is 117 Å². The number of rotatable bonds is 5. The molecule has 0 aliphatic carbocycles. The lowest BCUT2D eigenvalue weighted by molar-refractivity contribution is 0.288. The highest BCUT2D eigenvalue weighted by Gasteiger charge is 2.07. The van der Waals surface area contributed by atoms with Gasteiger partial charge >= 0.3 is 0 Å². The van der Waals surface area contributed by atoms with Crippen LogP contribution in [0.3, 0.4) is 0 Å². The number of aromatic nitrogens is 2. The zero-order valence-corrected chi connectivity index (χ0v) is 11.4. The van der Waals surface area contributed by atoms with Gasteiger partial charge < -0.3 is 9.26 Å². The van der Waals surface area contributed by atoms with E-state index in [-0.39, 0.29) is 0 Å². The molecule has 0 aliphatic heterocycles. The topological polar surface area (TPSA) is 48.2 Å². The Balaban J connectivity index is 1.76. The van der Waals surface area contributed by atoms with Crippen molar-refractivity contribution in [2.75, 3.05) is 0 Å². The van der Waals surface area contributed by atoms with Gasteiger partial charge in [-0.05, 0) is 17.9 Å². The molecule has 1 aromatic heterocycles. The summed E-state index contributed by atoms with van der Waals surface area (Å²) in [5, 5.41) is 6.17. The van der Waals surface area contributed by atoms with Crippen LogP contribution in [0.4, 0.5) is 0 Å². The van der Waals surface area contributed by atoms with Crippen molar-refractivity contribution in [3.05, 3.63) is 54.2 Å². The lowest BCUT2D eigenvalue weighted by Gasteiger charge is -2.07. The fraction of sp³-hybridized carbons (Fsp3) is 0.250. The third-order valence-corrected chi connectivity index (χ3v) is 3.08. The minimum absolute atomic E-state index is 0.321. The van der Waals surface area contributed by atoms with Crippen LogP contribution in [-0.2, 0) is 13.0 Å². The fourth-order valence-corrected chi connectivity index (χ4v) is 2.13. The van der Waals surface area contributed by atoms with Gasteiger partial charge in [-0.1, -0.05) is 48.5 Å². The van der Waals surface area contributed by atoms with Crippen molar-refractivity contribution < 1.29 is 9.26 Å². The Hall–Kier alpha value is -2.36. The summed E-state index contributed by atoms with van der Waals surface area (Å²) in [5.74, 6) is 2.09. The highest BCUT2D eigenvalue weighted by atomic mass is 16.5. The normalized spacial score (nSPS) is 10.8. The summed E-state index contributed by atoms with van der Waals surface area (Å²) < 4.78 is 11.0. The molecule has 0 radical (unpaired) electrons. The summed E-state index contributed by atoms with van der Waals surface area (Å²) in [4.78, 5) is 4.29. The molecule has 0 bridgehead atoms. The van der Waals surface area contributed by atoms with Crippen LogP contribution in [0.1, 0.15) is 25.1 Å². The van der Waals surface area contributed by atoms with Gasteiger partial charge in [0.15, 0.2) is 6.61 Å². The zero-order chi connectivity index (χ0) is 13.8. The van der Waals surface area contributed by atoms with Crippen LogP contribution in [0.2, 0.25) is 0 Å². The third-order valence-electron chi connectivity index (χ3n) is 3.08. The van der Waals surface area contributed by atoms with E-state index in [4.69, 9.17) is 9.26 Å². The summed E-state index contributed by atoms with van der Waals surface area (Å²) in [6.45, 7) is 2.40. The first-order valence-corrected chi connectivity index (χ1v) is 6.79. The smallest absolute Gasteiger partial charge is 0.226 e. The number of benzene rings is 2. The quantitative estimate of drug-likeness (QED) is 0.707. The largest absolute Gasteiger partial charge is 0.485 e. The Morgan fingerprint density at radius 2 is 1.95 bits per heavy atom. The number of hydrogen-bond acceptors (Lipinski definition) is 4. The minimum Gasteiger partial charge on any atom is -0.485 e. The van der Waals surface area contributed by atoms with Crippen molar-refractivity contribution in [2.24, 2.45) is 0 Å². The van der Waals surface area contributed by atoms with Gasteiger partial charge in [0.2, 0.25) is 11.7 Å². The van der Waals surface area contributed by atoms with Gasteiger partial charge in [0, 0.05) is 11.8 Å². The van der Waals surface area contributed by atoms with Crippen molar-refractivity contribution in [3.63, 3.8) is 0 Å². The molecule has 102 valence electrons. The van der Waals surface area contributed by atoms with Crippen molar-refractivity contribution in [1.82, 2.24) is 10.1 Å². The number of ether oxygens (including phenoxy) is 1. The third kappa shape index (κ3) is 2.64. The van der Waals surface area contributed by atoms with Crippen molar-refractivity contribution in [3.8, 4) is 5.75 Å². The molecule has 1 heterocycles. The number of hydrogen-bond donors (Lipinski definition) is 0. The van der Waals surface area contributed by atoms with E-state index in [1.807, 2.05) is 30.3 Å². The van der Waals surface area contributed by atoms with E-state index in [2.05, 4.69) is 29.2 Å². The molecule has 20 heavy (non-hydrogen) atoms. The van der Waals surface area contributed by atoms with Crippen LogP contribution in [0.25, 0.3) is 10.8 Å². The molecule has 0 spiro atoms. The van der Waals surface area contributed by atoms with Gasteiger partial charge in [0.25, 0.3) is 0 Å². The van der Waals surface area contributed by atoms with Crippen LogP contribution < -0.4 is 4.74 Å². The molecule has 0 unspecified atom stereocenters. The fourth-order valence-electron chi connectivity index (χ4n) is 2.13. The number of fused-ring (bicyclic) bond motifs is 1. The molecular weight excluding hydrogens is 252 g/mol. The molecule has 0 atom stereocenters. The zero-order valence-electron chi connectivity index (χ0n) is 11.4. The second-order valence-electron chi connectivity index (χ2n) is 4.62. The molecule has 3 rings (SSSR count). The van der Waals surface area contributed by atoms with Gasteiger partial charge in [-0.3, -0.25) is 0 Å². The second kappa shape index (κ2) is 5.74. The maximum atomic E-state index is 5.81. The van der Waals surface area contributed by atoms with Gasteiger partial charge in [-0.15, -0.1) is 0 Å². The Morgan fingerprint density at radius 3 is 2.85 bits per heavy atom. The van der Waals surface area contributed by atoms with Gasteiger partial charge in [-0.25, -0.2) is 0 Å². The summed E-state index contributed by atoms with van der Waals surface area (Å²) in [6, 6.07) is 14.1. The van der Waals surface area contributed by atoms with Crippen molar-refractivity contribution >= 4 is 10.8 Å². The molecule has 2 aromatic carbocycles.